The van der Waals surface area contributed by atoms with Crippen LogP contribution in [0, 0.1) is 20.8 Å². The van der Waals surface area contributed by atoms with Gasteiger partial charge in [0.25, 0.3) is 0 Å². The summed E-state index contributed by atoms with van der Waals surface area (Å²) in [4.78, 5) is 0. The second-order valence-corrected chi connectivity index (χ2v) is 2.88. The Hall–Kier alpha value is -0.820. The van der Waals surface area contributed by atoms with Crippen LogP contribution in [0.3, 0.4) is 0 Å². The van der Waals surface area contributed by atoms with Gasteiger partial charge in [0.05, 0.1) is 6.10 Å². The molecule has 1 unspecified atom stereocenters. The summed E-state index contributed by atoms with van der Waals surface area (Å²) in [7, 11) is 0. The average molecular weight is 149 g/mol. The fourth-order valence-electron chi connectivity index (χ4n) is 1.20. The molecule has 0 bridgehead atoms. The van der Waals surface area contributed by atoms with E-state index in [4.69, 9.17) is 0 Å². The van der Waals surface area contributed by atoms with Crippen LogP contribution in [0.25, 0.3) is 0 Å². The van der Waals surface area contributed by atoms with E-state index in [2.05, 4.69) is 6.92 Å². The van der Waals surface area contributed by atoms with Crippen LogP contribution in [-0.2, 0) is 0 Å². The largest absolute Gasteiger partial charge is 0.388 e. The Bertz CT molecular complexity index is 251. The Kier molecular flexibility index (Phi) is 2.30. The van der Waals surface area contributed by atoms with Gasteiger partial charge in [0, 0.05) is 0 Å². The van der Waals surface area contributed by atoms with Gasteiger partial charge >= 0.3 is 0 Å². The molecule has 0 aliphatic rings. The van der Waals surface area contributed by atoms with E-state index in [1.54, 1.807) is 0 Å². The first kappa shape index (κ1) is 8.28. The van der Waals surface area contributed by atoms with Gasteiger partial charge < -0.3 is 5.11 Å². The Morgan fingerprint density at radius 1 is 1.36 bits per heavy atom. The van der Waals surface area contributed by atoms with Crippen LogP contribution in [0.4, 0.5) is 0 Å². The summed E-state index contributed by atoms with van der Waals surface area (Å²) in [5, 5.41) is 9.18. The van der Waals surface area contributed by atoms with E-state index >= 15 is 0 Å². The zero-order chi connectivity index (χ0) is 8.43. The lowest BCUT2D eigenvalue weighted by atomic mass is 10.0. The number of aliphatic hydroxyl groups is 1. The minimum atomic E-state index is -0.601. The van der Waals surface area contributed by atoms with Crippen molar-refractivity contribution in [2.75, 3.05) is 0 Å². The molecule has 0 amide bonds. The van der Waals surface area contributed by atoms with E-state index in [9.17, 15) is 5.11 Å². The number of aliphatic hydroxyl groups excluding tert-OH is 1. The maximum absolute atomic E-state index is 9.18. The molecule has 0 aliphatic heterocycles. The summed E-state index contributed by atoms with van der Waals surface area (Å²) in [5.41, 5.74) is 3.23. The molecule has 0 aromatic heterocycles. The fraction of sp³-hybridized carbons (Fsp3) is 0.300. The fourth-order valence-corrected chi connectivity index (χ4v) is 1.20. The first-order valence-corrected chi connectivity index (χ1v) is 3.69. The van der Waals surface area contributed by atoms with Crippen LogP contribution in [-0.4, -0.2) is 5.11 Å². The second kappa shape index (κ2) is 3.05. The molecule has 1 atom stereocenters. The topological polar surface area (TPSA) is 20.2 Å². The Balaban J connectivity index is 3.09. The van der Waals surface area contributed by atoms with Crippen molar-refractivity contribution in [1.29, 1.82) is 0 Å². The number of benzene rings is 1. The van der Waals surface area contributed by atoms with Gasteiger partial charge in [-0.3, -0.25) is 0 Å². The van der Waals surface area contributed by atoms with Gasteiger partial charge in [-0.1, -0.05) is 23.8 Å². The summed E-state index contributed by atoms with van der Waals surface area (Å²) in [6, 6.07) is 5.95. The zero-order valence-corrected chi connectivity index (χ0v) is 6.96. The van der Waals surface area contributed by atoms with Gasteiger partial charge in [0.15, 0.2) is 0 Å². The highest BCUT2D eigenvalue weighted by Gasteiger charge is 2.03. The minimum absolute atomic E-state index is 0.601. The van der Waals surface area contributed by atoms with E-state index in [1.165, 1.54) is 5.56 Å². The third-order valence-corrected chi connectivity index (χ3v) is 1.78. The highest BCUT2D eigenvalue weighted by atomic mass is 16.3. The van der Waals surface area contributed by atoms with Crippen LogP contribution < -0.4 is 0 Å². The lowest BCUT2D eigenvalue weighted by molar-refractivity contribution is 0.225. The molecule has 1 rings (SSSR count). The van der Waals surface area contributed by atoms with E-state index in [0.717, 1.165) is 11.1 Å². The van der Waals surface area contributed by atoms with Gasteiger partial charge in [0.1, 0.15) is 0 Å². The molecular formula is C10H13O. The highest BCUT2D eigenvalue weighted by Crippen LogP contribution is 2.17. The van der Waals surface area contributed by atoms with E-state index < -0.39 is 6.10 Å². The first-order chi connectivity index (χ1) is 5.11. The normalized spacial score (nSPS) is 13.1. The summed E-state index contributed by atoms with van der Waals surface area (Å²) in [6.07, 6.45) is -0.601. The Morgan fingerprint density at radius 2 is 2.00 bits per heavy atom. The lowest BCUT2D eigenvalue weighted by Gasteiger charge is -2.08. The molecule has 0 heterocycles. The number of hydrogen-bond acceptors (Lipinski definition) is 1. The molecule has 0 saturated heterocycles. The highest BCUT2D eigenvalue weighted by molar-refractivity contribution is 5.32. The van der Waals surface area contributed by atoms with E-state index in [0.29, 0.717) is 0 Å². The number of rotatable bonds is 1. The molecular weight excluding hydrogens is 136 g/mol. The monoisotopic (exact) mass is 149 g/mol. The van der Waals surface area contributed by atoms with Crippen molar-refractivity contribution < 1.29 is 5.11 Å². The van der Waals surface area contributed by atoms with E-state index in [1.807, 2.05) is 32.0 Å². The van der Waals surface area contributed by atoms with E-state index in [-0.39, 0.29) is 0 Å². The minimum Gasteiger partial charge on any atom is -0.388 e. The summed E-state index contributed by atoms with van der Waals surface area (Å²) in [5.74, 6) is 0. The average Bonchev–Trinajstić information content (AvgIpc) is 1.85. The van der Waals surface area contributed by atoms with Gasteiger partial charge in [-0.15, -0.1) is 0 Å². The van der Waals surface area contributed by atoms with Gasteiger partial charge in [-0.2, -0.15) is 0 Å². The molecule has 11 heavy (non-hydrogen) atoms. The number of hydrogen-bond donors (Lipinski definition) is 1. The molecule has 0 aliphatic carbocycles. The molecule has 1 aromatic carbocycles. The third kappa shape index (κ3) is 1.81. The van der Waals surface area contributed by atoms with Crippen molar-refractivity contribution in [3.8, 4) is 0 Å². The van der Waals surface area contributed by atoms with Crippen molar-refractivity contribution >= 4 is 0 Å². The Morgan fingerprint density at radius 3 is 2.45 bits per heavy atom. The maximum atomic E-state index is 9.18. The first-order valence-electron chi connectivity index (χ1n) is 3.69. The lowest BCUT2D eigenvalue weighted by Crippen LogP contribution is -1.94. The standard InChI is InChI=1S/C10H13O/c1-7-4-5-10(9(3)11)8(2)6-7/h4-6,9,11H,3H2,1-2H3. The smallest absolute Gasteiger partial charge is 0.0793 e. The molecule has 0 saturated carbocycles. The molecule has 1 nitrogen and oxygen atoms in total. The van der Waals surface area contributed by atoms with Crippen molar-refractivity contribution in [2.24, 2.45) is 0 Å². The summed E-state index contributed by atoms with van der Waals surface area (Å²) < 4.78 is 0. The molecule has 0 fully saturated rings. The van der Waals surface area contributed by atoms with Crippen molar-refractivity contribution in [3.63, 3.8) is 0 Å². The molecule has 1 aromatic rings. The van der Waals surface area contributed by atoms with Crippen LogP contribution in [0.2, 0.25) is 0 Å². The summed E-state index contributed by atoms with van der Waals surface area (Å²) in [6.45, 7) is 7.57. The Labute approximate surface area is 67.7 Å². The molecule has 1 heteroatoms. The second-order valence-electron chi connectivity index (χ2n) is 2.88. The van der Waals surface area contributed by atoms with Crippen molar-refractivity contribution in [1.82, 2.24) is 0 Å². The maximum Gasteiger partial charge on any atom is 0.0793 e. The van der Waals surface area contributed by atoms with Crippen LogP contribution in [0.15, 0.2) is 18.2 Å². The van der Waals surface area contributed by atoms with Gasteiger partial charge in [-0.25, -0.2) is 0 Å². The predicted octanol–water partition coefficient (Wildman–Crippen LogP) is 2.17. The van der Waals surface area contributed by atoms with Crippen LogP contribution in [0.5, 0.6) is 0 Å². The molecule has 0 spiro atoms. The quantitative estimate of drug-likeness (QED) is 0.648. The predicted molar refractivity (Wildman–Crippen MR) is 46.2 cm³/mol. The van der Waals surface area contributed by atoms with Gasteiger partial charge in [0.2, 0.25) is 0 Å². The number of aryl methyl sites for hydroxylation is 2. The van der Waals surface area contributed by atoms with Crippen LogP contribution in [0.1, 0.15) is 22.8 Å². The summed E-state index contributed by atoms with van der Waals surface area (Å²) >= 11 is 0. The third-order valence-electron chi connectivity index (χ3n) is 1.78. The zero-order valence-electron chi connectivity index (χ0n) is 6.96. The van der Waals surface area contributed by atoms with Crippen molar-refractivity contribution in [3.05, 3.63) is 41.8 Å². The van der Waals surface area contributed by atoms with Crippen molar-refractivity contribution in [2.45, 2.75) is 20.0 Å². The molecule has 59 valence electrons. The van der Waals surface area contributed by atoms with Crippen LogP contribution >= 0.6 is 0 Å². The molecule has 1 radical (unpaired) electrons. The van der Waals surface area contributed by atoms with Gasteiger partial charge in [-0.05, 0) is 31.9 Å². The molecule has 1 N–H and O–H groups in total. The SMILES string of the molecule is [CH2]C(O)c1ccc(C)cc1C.